The third-order valence-corrected chi connectivity index (χ3v) is 2.16. The molecule has 70 valence electrons. The van der Waals surface area contributed by atoms with Crippen molar-refractivity contribution in [3.63, 3.8) is 0 Å². The van der Waals surface area contributed by atoms with Gasteiger partial charge in [0.15, 0.2) is 0 Å². The van der Waals surface area contributed by atoms with E-state index in [1.807, 2.05) is 6.08 Å². The van der Waals surface area contributed by atoms with Crippen LogP contribution in [0.25, 0.3) is 0 Å². The van der Waals surface area contributed by atoms with E-state index in [0.29, 0.717) is 0 Å². The van der Waals surface area contributed by atoms with E-state index in [1.165, 1.54) is 24.0 Å². The number of hydrogen-bond acceptors (Lipinski definition) is 1. The highest BCUT2D eigenvalue weighted by atomic mass is 16.4. The molecule has 2 nitrogen and oxygen atoms in total. The highest BCUT2D eigenvalue weighted by Gasteiger charge is 2.22. The van der Waals surface area contributed by atoms with Gasteiger partial charge in [-0.2, -0.15) is 0 Å². The normalized spacial score (nSPS) is 22.7. The minimum atomic E-state index is -0.833. The Morgan fingerprint density at radius 1 is 1.77 bits per heavy atom. The summed E-state index contributed by atoms with van der Waals surface area (Å²) < 4.78 is 0. The summed E-state index contributed by atoms with van der Waals surface area (Å²) >= 11 is 0. The molecule has 0 fully saturated rings. The molecule has 0 aliphatic heterocycles. The molecule has 2 rings (SSSR count). The van der Waals surface area contributed by atoms with E-state index in [1.54, 1.807) is 0 Å². The SMILES string of the molecule is C=CC1=CC2CC=C1C2.CC(=O)O. The minimum Gasteiger partial charge on any atom is -0.481 e. The van der Waals surface area contributed by atoms with Crippen molar-refractivity contribution in [3.8, 4) is 0 Å². The lowest BCUT2D eigenvalue weighted by atomic mass is 10.1. The molecule has 2 heteroatoms. The van der Waals surface area contributed by atoms with Crippen LogP contribution in [-0.4, -0.2) is 11.1 Å². The second-order valence-electron chi connectivity index (χ2n) is 3.27. The standard InChI is InChI=1S/C9H10.C2H4O2/c1-2-8-5-7-3-4-9(8)6-7;1-2(3)4/h2,4-5,7H,1,3,6H2;1H3,(H,3,4). The van der Waals surface area contributed by atoms with Crippen molar-refractivity contribution in [2.24, 2.45) is 5.92 Å². The number of hydrogen-bond donors (Lipinski definition) is 1. The number of aliphatic carboxylic acids is 1. The molecule has 0 saturated carbocycles. The Morgan fingerprint density at radius 2 is 2.38 bits per heavy atom. The number of carboxylic acids is 1. The van der Waals surface area contributed by atoms with Crippen LogP contribution in [0, 0.1) is 5.92 Å². The first-order valence-electron chi connectivity index (χ1n) is 4.36. The molecular weight excluding hydrogens is 164 g/mol. The molecule has 0 radical (unpaired) electrons. The molecule has 0 aromatic rings. The van der Waals surface area contributed by atoms with Crippen molar-refractivity contribution in [2.45, 2.75) is 19.8 Å². The van der Waals surface area contributed by atoms with Gasteiger partial charge in [0.25, 0.3) is 5.97 Å². The summed E-state index contributed by atoms with van der Waals surface area (Å²) in [4.78, 5) is 9.00. The molecule has 2 aliphatic rings. The molecule has 0 amide bonds. The fraction of sp³-hybridized carbons (Fsp3) is 0.364. The van der Waals surface area contributed by atoms with Gasteiger partial charge in [0.1, 0.15) is 0 Å². The van der Waals surface area contributed by atoms with Gasteiger partial charge in [-0.1, -0.05) is 24.8 Å². The van der Waals surface area contributed by atoms with Crippen LogP contribution in [0.5, 0.6) is 0 Å². The van der Waals surface area contributed by atoms with Crippen LogP contribution in [0.4, 0.5) is 0 Å². The summed E-state index contributed by atoms with van der Waals surface area (Å²) in [6.45, 7) is 4.84. The van der Waals surface area contributed by atoms with Gasteiger partial charge in [-0.05, 0) is 29.9 Å². The lowest BCUT2D eigenvalue weighted by Gasteiger charge is -1.97. The van der Waals surface area contributed by atoms with E-state index < -0.39 is 5.97 Å². The van der Waals surface area contributed by atoms with Gasteiger partial charge < -0.3 is 5.11 Å². The largest absolute Gasteiger partial charge is 0.481 e. The van der Waals surface area contributed by atoms with Crippen molar-refractivity contribution >= 4 is 5.97 Å². The first-order valence-corrected chi connectivity index (χ1v) is 4.36. The molecule has 2 aliphatic carbocycles. The van der Waals surface area contributed by atoms with Crippen LogP contribution in [0.3, 0.4) is 0 Å². The number of carbonyl (C=O) groups is 1. The molecular formula is C11H14O2. The molecule has 0 heterocycles. The van der Waals surface area contributed by atoms with Crippen LogP contribution < -0.4 is 0 Å². The smallest absolute Gasteiger partial charge is 0.300 e. The molecule has 13 heavy (non-hydrogen) atoms. The highest BCUT2D eigenvalue weighted by molar-refractivity contribution is 5.62. The third kappa shape index (κ3) is 2.58. The predicted molar refractivity (Wildman–Crippen MR) is 52.4 cm³/mol. The maximum atomic E-state index is 9.00. The summed E-state index contributed by atoms with van der Waals surface area (Å²) in [5, 5.41) is 7.42. The topological polar surface area (TPSA) is 37.3 Å². The predicted octanol–water partition coefficient (Wildman–Crippen LogP) is 2.54. The van der Waals surface area contributed by atoms with Crippen LogP contribution in [-0.2, 0) is 4.79 Å². The van der Waals surface area contributed by atoms with Crippen molar-refractivity contribution in [1.82, 2.24) is 0 Å². The zero-order valence-corrected chi connectivity index (χ0v) is 7.79. The second-order valence-corrected chi connectivity index (χ2v) is 3.27. The quantitative estimate of drug-likeness (QED) is 0.670. The Kier molecular flexibility index (Phi) is 3.07. The van der Waals surface area contributed by atoms with E-state index in [0.717, 1.165) is 12.8 Å². The number of rotatable bonds is 1. The Hall–Kier alpha value is -1.31. The fourth-order valence-electron chi connectivity index (χ4n) is 1.67. The molecule has 0 saturated heterocycles. The van der Waals surface area contributed by atoms with Crippen molar-refractivity contribution in [3.05, 3.63) is 36.0 Å². The fourth-order valence-corrected chi connectivity index (χ4v) is 1.67. The van der Waals surface area contributed by atoms with E-state index in [2.05, 4.69) is 18.7 Å². The Labute approximate surface area is 78.3 Å². The summed E-state index contributed by atoms with van der Waals surface area (Å²) in [5.41, 5.74) is 2.90. The summed E-state index contributed by atoms with van der Waals surface area (Å²) in [7, 11) is 0. The van der Waals surface area contributed by atoms with Gasteiger partial charge in [-0.3, -0.25) is 4.79 Å². The van der Waals surface area contributed by atoms with Gasteiger partial charge in [0.05, 0.1) is 0 Å². The summed E-state index contributed by atoms with van der Waals surface area (Å²) in [6, 6.07) is 0. The van der Waals surface area contributed by atoms with Crippen LogP contribution in [0.2, 0.25) is 0 Å². The molecule has 2 bridgehead atoms. The van der Waals surface area contributed by atoms with E-state index in [-0.39, 0.29) is 0 Å². The third-order valence-electron chi connectivity index (χ3n) is 2.16. The average molecular weight is 178 g/mol. The molecule has 1 N–H and O–H groups in total. The number of fused-ring (bicyclic) bond motifs is 2. The summed E-state index contributed by atoms with van der Waals surface area (Å²) in [5.74, 6) is -0.00648. The molecule has 1 unspecified atom stereocenters. The number of allylic oxidation sites excluding steroid dienone is 5. The zero-order valence-electron chi connectivity index (χ0n) is 7.79. The molecule has 0 spiro atoms. The lowest BCUT2D eigenvalue weighted by molar-refractivity contribution is -0.134. The Balaban J connectivity index is 0.000000184. The number of carboxylic acid groups (broad SMARTS) is 1. The first-order chi connectivity index (χ1) is 6.13. The zero-order chi connectivity index (χ0) is 9.84. The maximum Gasteiger partial charge on any atom is 0.300 e. The minimum absolute atomic E-state index is 0.827. The van der Waals surface area contributed by atoms with Gasteiger partial charge in [-0.15, -0.1) is 0 Å². The highest BCUT2D eigenvalue weighted by Crippen LogP contribution is 2.38. The Morgan fingerprint density at radius 3 is 2.62 bits per heavy atom. The van der Waals surface area contributed by atoms with E-state index >= 15 is 0 Å². The van der Waals surface area contributed by atoms with Crippen LogP contribution >= 0.6 is 0 Å². The molecule has 0 aromatic carbocycles. The van der Waals surface area contributed by atoms with Crippen molar-refractivity contribution < 1.29 is 9.90 Å². The van der Waals surface area contributed by atoms with E-state index in [4.69, 9.17) is 9.90 Å². The van der Waals surface area contributed by atoms with Crippen LogP contribution in [0.15, 0.2) is 36.0 Å². The average Bonchev–Trinajstić information content (AvgIpc) is 2.62. The van der Waals surface area contributed by atoms with E-state index in [9.17, 15) is 0 Å². The van der Waals surface area contributed by atoms with Crippen molar-refractivity contribution in [2.75, 3.05) is 0 Å². The monoisotopic (exact) mass is 178 g/mol. The Bertz CT molecular complexity index is 280. The van der Waals surface area contributed by atoms with Crippen LogP contribution in [0.1, 0.15) is 19.8 Å². The summed E-state index contributed by atoms with van der Waals surface area (Å²) in [6.07, 6.45) is 9.18. The second kappa shape index (κ2) is 4.08. The molecule has 1 atom stereocenters. The maximum absolute atomic E-state index is 9.00. The first kappa shape index (κ1) is 9.78. The lowest BCUT2D eigenvalue weighted by Crippen LogP contribution is -1.82. The van der Waals surface area contributed by atoms with Gasteiger partial charge >= 0.3 is 0 Å². The van der Waals surface area contributed by atoms with Gasteiger partial charge in [-0.25, -0.2) is 0 Å². The van der Waals surface area contributed by atoms with Crippen molar-refractivity contribution in [1.29, 1.82) is 0 Å². The van der Waals surface area contributed by atoms with Gasteiger partial charge in [0, 0.05) is 6.92 Å². The molecule has 0 aromatic heterocycles. The van der Waals surface area contributed by atoms with Gasteiger partial charge in [0.2, 0.25) is 0 Å².